The fourth-order valence-corrected chi connectivity index (χ4v) is 4.65. The summed E-state index contributed by atoms with van der Waals surface area (Å²) in [7, 11) is 1.49. The average Bonchev–Trinajstić information content (AvgIpc) is 3.08. The second kappa shape index (κ2) is 7.35. The zero-order valence-corrected chi connectivity index (χ0v) is 16.4. The molecule has 1 aromatic heterocycles. The lowest BCUT2D eigenvalue weighted by Crippen LogP contribution is -2.22. The summed E-state index contributed by atoms with van der Waals surface area (Å²) in [6.45, 7) is 2.19. The predicted octanol–water partition coefficient (Wildman–Crippen LogP) is 4.14. The van der Waals surface area contributed by atoms with Gasteiger partial charge in [0.2, 0.25) is 5.91 Å². The summed E-state index contributed by atoms with van der Waals surface area (Å²) in [4.78, 5) is 23.0. The van der Waals surface area contributed by atoms with Crippen molar-refractivity contribution >= 4 is 17.8 Å². The molecule has 0 spiro atoms. The summed E-state index contributed by atoms with van der Waals surface area (Å²) in [5, 5.41) is 15.1. The summed E-state index contributed by atoms with van der Waals surface area (Å²) in [5.74, 6) is 1.79. The van der Waals surface area contributed by atoms with E-state index in [0.717, 1.165) is 12.8 Å². The van der Waals surface area contributed by atoms with Crippen LogP contribution in [0.15, 0.2) is 39.9 Å². The van der Waals surface area contributed by atoms with Gasteiger partial charge in [0.1, 0.15) is 17.3 Å². The number of nitro benzene ring substituents is 1. The first-order chi connectivity index (χ1) is 13.9. The molecule has 0 saturated heterocycles. The molecule has 8 heteroatoms. The highest BCUT2D eigenvalue weighted by molar-refractivity contribution is 5.85. The van der Waals surface area contributed by atoms with Crippen LogP contribution in [0.4, 0.5) is 5.69 Å². The minimum absolute atomic E-state index is 0.0391. The van der Waals surface area contributed by atoms with Gasteiger partial charge in [-0.05, 0) is 42.4 Å². The van der Waals surface area contributed by atoms with Crippen LogP contribution in [0, 0.1) is 27.4 Å². The van der Waals surface area contributed by atoms with E-state index in [4.69, 9.17) is 9.15 Å². The van der Waals surface area contributed by atoms with E-state index in [0.29, 0.717) is 28.8 Å². The maximum Gasteiger partial charge on any atom is 0.270 e. The van der Waals surface area contributed by atoms with Crippen LogP contribution in [0.2, 0.25) is 0 Å². The Morgan fingerprint density at radius 2 is 2.21 bits per heavy atom. The minimum atomic E-state index is -0.472. The normalized spacial score (nSPS) is 25.4. The summed E-state index contributed by atoms with van der Waals surface area (Å²) < 4.78 is 11.0. The van der Waals surface area contributed by atoms with E-state index in [-0.39, 0.29) is 22.9 Å². The molecule has 8 nitrogen and oxygen atoms in total. The van der Waals surface area contributed by atoms with Crippen LogP contribution in [0.1, 0.15) is 38.4 Å². The Kier molecular flexibility index (Phi) is 4.86. The molecule has 2 saturated carbocycles. The largest absolute Gasteiger partial charge is 0.496 e. The van der Waals surface area contributed by atoms with Crippen LogP contribution in [-0.2, 0) is 4.79 Å². The number of methoxy groups -OCH3 is 1. The second-order valence-corrected chi connectivity index (χ2v) is 7.91. The van der Waals surface area contributed by atoms with Gasteiger partial charge in [-0.1, -0.05) is 19.8 Å². The molecule has 0 unspecified atom stereocenters. The average molecular weight is 397 g/mol. The van der Waals surface area contributed by atoms with Crippen molar-refractivity contribution in [1.29, 1.82) is 0 Å². The first-order valence-electron chi connectivity index (χ1n) is 9.69. The zero-order chi connectivity index (χ0) is 20.6. The Morgan fingerprint density at radius 3 is 2.90 bits per heavy atom. The molecular weight excluding hydrogens is 374 g/mol. The molecule has 3 atom stereocenters. The van der Waals surface area contributed by atoms with Crippen molar-refractivity contribution < 1.29 is 18.9 Å². The number of nitrogens with one attached hydrogen (secondary N) is 1. The van der Waals surface area contributed by atoms with Crippen LogP contribution in [0.5, 0.6) is 5.75 Å². The summed E-state index contributed by atoms with van der Waals surface area (Å²) in [6.07, 6.45) is 6.04. The van der Waals surface area contributed by atoms with Gasteiger partial charge in [0, 0.05) is 18.1 Å². The number of hydrazone groups is 1. The van der Waals surface area contributed by atoms with E-state index in [2.05, 4.69) is 17.5 Å². The number of carbonyl (C=O) groups excluding carboxylic acids is 1. The highest BCUT2D eigenvalue weighted by Crippen LogP contribution is 2.66. The molecule has 0 radical (unpaired) electrons. The smallest absolute Gasteiger partial charge is 0.270 e. The molecule has 0 bridgehead atoms. The van der Waals surface area contributed by atoms with Gasteiger partial charge in [0.05, 0.1) is 23.8 Å². The van der Waals surface area contributed by atoms with Gasteiger partial charge < -0.3 is 9.15 Å². The Morgan fingerprint density at radius 1 is 1.38 bits per heavy atom. The number of nitro groups is 1. The van der Waals surface area contributed by atoms with E-state index >= 15 is 0 Å². The Bertz CT molecular complexity index is 982. The van der Waals surface area contributed by atoms with E-state index in [9.17, 15) is 14.9 Å². The van der Waals surface area contributed by atoms with Crippen molar-refractivity contribution in [3.8, 4) is 17.1 Å². The molecule has 2 aliphatic rings. The topological polar surface area (TPSA) is 107 Å². The molecule has 1 N–H and O–H groups in total. The fraction of sp³-hybridized carbons (Fsp3) is 0.429. The van der Waals surface area contributed by atoms with Gasteiger partial charge in [0.15, 0.2) is 0 Å². The van der Waals surface area contributed by atoms with Crippen molar-refractivity contribution in [2.75, 3.05) is 7.11 Å². The standard InChI is InChI=1S/C21H23N3O5/c1-21-10-4-3-5-16(21)19(21)20(25)23-22-12-14-7-9-18(29-14)15-11-13(24(26)27)6-8-17(15)28-2/h6-9,11-12,16,19H,3-5,10H2,1-2H3,(H,23,25)/b22-12-/t16-,19+,21+/m1/s1. The van der Waals surface area contributed by atoms with Crippen LogP contribution in [0.25, 0.3) is 11.3 Å². The number of furan rings is 1. The van der Waals surface area contributed by atoms with E-state index < -0.39 is 4.92 Å². The number of amides is 1. The molecule has 1 aromatic carbocycles. The highest BCUT2D eigenvalue weighted by atomic mass is 16.6. The molecule has 1 amide bonds. The molecule has 1 heterocycles. The molecule has 152 valence electrons. The fourth-order valence-electron chi connectivity index (χ4n) is 4.65. The Balaban J connectivity index is 1.44. The summed E-state index contributed by atoms with van der Waals surface area (Å²) in [5.41, 5.74) is 3.18. The monoisotopic (exact) mass is 397 g/mol. The van der Waals surface area contributed by atoms with Crippen molar-refractivity contribution in [3.05, 3.63) is 46.2 Å². The lowest BCUT2D eigenvalue weighted by Gasteiger charge is -2.15. The van der Waals surface area contributed by atoms with Crippen molar-refractivity contribution in [3.63, 3.8) is 0 Å². The van der Waals surface area contributed by atoms with E-state index in [1.165, 1.54) is 44.4 Å². The quantitative estimate of drug-likeness (QED) is 0.448. The molecule has 2 aliphatic carbocycles. The third-order valence-corrected chi connectivity index (χ3v) is 6.27. The van der Waals surface area contributed by atoms with Crippen LogP contribution in [0.3, 0.4) is 0 Å². The van der Waals surface area contributed by atoms with Gasteiger partial charge in [0.25, 0.3) is 5.69 Å². The Hall–Kier alpha value is -3.16. The SMILES string of the molecule is COc1ccc([N+](=O)[O-])cc1-c1ccc(/C=N\NC(=O)[C@@H]2[C@H]3CCCC[C@@]32C)o1. The van der Waals surface area contributed by atoms with Gasteiger partial charge in [-0.3, -0.25) is 14.9 Å². The van der Waals surface area contributed by atoms with E-state index in [1.54, 1.807) is 12.1 Å². The first kappa shape index (κ1) is 19.2. The number of rotatable bonds is 6. The maximum absolute atomic E-state index is 12.4. The maximum atomic E-state index is 12.4. The van der Waals surface area contributed by atoms with Crippen LogP contribution in [-0.4, -0.2) is 24.2 Å². The second-order valence-electron chi connectivity index (χ2n) is 7.91. The number of hydrogen-bond donors (Lipinski definition) is 1. The Labute approximate surface area is 168 Å². The molecule has 4 rings (SSSR count). The number of ether oxygens (including phenoxy) is 1. The molecule has 0 aliphatic heterocycles. The molecule has 29 heavy (non-hydrogen) atoms. The number of hydrogen-bond acceptors (Lipinski definition) is 6. The van der Waals surface area contributed by atoms with Gasteiger partial charge >= 0.3 is 0 Å². The minimum Gasteiger partial charge on any atom is -0.496 e. The molecule has 2 fully saturated rings. The lowest BCUT2D eigenvalue weighted by atomic mass is 9.90. The van der Waals surface area contributed by atoms with Crippen LogP contribution >= 0.6 is 0 Å². The van der Waals surface area contributed by atoms with E-state index in [1.807, 2.05) is 0 Å². The summed E-state index contributed by atoms with van der Waals surface area (Å²) in [6, 6.07) is 7.66. The van der Waals surface area contributed by atoms with Crippen molar-refractivity contribution in [2.24, 2.45) is 22.4 Å². The van der Waals surface area contributed by atoms with Gasteiger partial charge in [-0.25, -0.2) is 5.43 Å². The van der Waals surface area contributed by atoms with Crippen molar-refractivity contribution in [2.45, 2.75) is 32.6 Å². The number of benzene rings is 1. The molecular formula is C21H23N3O5. The number of nitrogens with zero attached hydrogens (tertiary/aromatic N) is 2. The molecule has 2 aromatic rings. The predicted molar refractivity (Wildman–Crippen MR) is 107 cm³/mol. The third-order valence-electron chi connectivity index (χ3n) is 6.27. The van der Waals surface area contributed by atoms with Crippen molar-refractivity contribution in [1.82, 2.24) is 5.43 Å². The number of carbonyl (C=O) groups is 1. The number of non-ortho nitro benzene ring substituents is 1. The number of fused-ring (bicyclic) bond motifs is 1. The zero-order valence-electron chi connectivity index (χ0n) is 16.4. The third kappa shape index (κ3) is 3.50. The van der Waals surface area contributed by atoms with Crippen LogP contribution < -0.4 is 10.2 Å². The lowest BCUT2D eigenvalue weighted by molar-refractivity contribution is -0.384. The van der Waals surface area contributed by atoms with Gasteiger partial charge in [-0.2, -0.15) is 5.10 Å². The first-order valence-corrected chi connectivity index (χ1v) is 9.69. The summed E-state index contributed by atoms with van der Waals surface area (Å²) >= 11 is 0. The highest BCUT2D eigenvalue weighted by Gasteiger charge is 2.64. The van der Waals surface area contributed by atoms with Gasteiger partial charge in [-0.15, -0.1) is 0 Å².